The first kappa shape index (κ1) is 10.2. The lowest BCUT2D eigenvalue weighted by Gasteiger charge is -2.33. The predicted octanol–water partition coefficient (Wildman–Crippen LogP) is 1.66. The van der Waals surface area contributed by atoms with Gasteiger partial charge in [0.1, 0.15) is 13.1 Å². The summed E-state index contributed by atoms with van der Waals surface area (Å²) in [6.07, 6.45) is 6.50. The number of hydrogen-bond acceptors (Lipinski definition) is 2. The van der Waals surface area contributed by atoms with Gasteiger partial charge in [0, 0.05) is 0 Å². The summed E-state index contributed by atoms with van der Waals surface area (Å²) in [7, 11) is 2.18. The maximum absolute atomic E-state index is 5.36. The molecule has 0 bridgehead atoms. The van der Waals surface area contributed by atoms with Gasteiger partial charge in [-0.25, -0.2) is 0 Å². The molecular weight excluding hydrogens is 162 g/mol. The minimum absolute atomic E-state index is 0.138. The molecule has 0 aliphatic carbocycles. The number of terminal acetylenes is 1. The molecule has 0 saturated heterocycles. The number of likely N-dealkylation sites (N-methyl/N-ethyl adjacent to an activating group) is 1. The third-order valence-electron chi connectivity index (χ3n) is 2.36. The fourth-order valence-electron chi connectivity index (χ4n) is 1.85. The van der Waals surface area contributed by atoms with Crippen LogP contribution in [-0.2, 0) is 0 Å². The van der Waals surface area contributed by atoms with E-state index in [1.165, 1.54) is 0 Å². The Morgan fingerprint density at radius 3 is 2.46 bits per heavy atom. The van der Waals surface area contributed by atoms with Crippen molar-refractivity contribution in [1.29, 1.82) is 0 Å². The van der Waals surface area contributed by atoms with E-state index in [0.29, 0.717) is 0 Å². The van der Waals surface area contributed by atoms with E-state index in [1.807, 2.05) is 0 Å². The van der Waals surface area contributed by atoms with Gasteiger partial charge in [-0.2, -0.15) is 10.2 Å². The summed E-state index contributed by atoms with van der Waals surface area (Å²) in [5.74, 6) is 2.73. The van der Waals surface area contributed by atoms with E-state index in [4.69, 9.17) is 6.42 Å². The standard InChI is InChI=1S/C10H18N3/c1-5-7-13(4,8-6-2)9-10(3)11-12-10/h1H,6-9H2,2-4H3/q+1. The number of hydrogen-bond donors (Lipinski definition) is 0. The number of quaternary nitrogens is 1. The highest BCUT2D eigenvalue weighted by Gasteiger charge is 2.42. The quantitative estimate of drug-likeness (QED) is 0.454. The van der Waals surface area contributed by atoms with E-state index in [9.17, 15) is 0 Å². The van der Waals surface area contributed by atoms with Crippen LogP contribution in [0.1, 0.15) is 20.3 Å². The Kier molecular flexibility index (Phi) is 2.72. The maximum atomic E-state index is 5.36. The average molecular weight is 180 g/mol. The molecule has 0 fully saturated rings. The Balaban J connectivity index is 2.51. The minimum Gasteiger partial charge on any atom is -0.312 e. The molecule has 3 heteroatoms. The lowest BCUT2D eigenvalue weighted by atomic mass is 10.2. The van der Waals surface area contributed by atoms with Crippen molar-refractivity contribution in [2.45, 2.75) is 25.9 Å². The molecule has 0 radical (unpaired) electrons. The molecule has 1 heterocycles. The first-order chi connectivity index (χ1) is 6.04. The van der Waals surface area contributed by atoms with Crippen molar-refractivity contribution >= 4 is 0 Å². The summed E-state index contributed by atoms with van der Waals surface area (Å²) in [5, 5.41) is 8.05. The Morgan fingerprint density at radius 2 is 2.08 bits per heavy atom. The molecule has 1 aliphatic rings. The fraction of sp³-hybridized carbons (Fsp3) is 0.800. The van der Waals surface area contributed by atoms with Crippen LogP contribution in [0.15, 0.2) is 10.2 Å². The SMILES string of the molecule is C#CC[N+](C)(CCC)CC1(C)N=N1. The molecule has 0 spiro atoms. The second-order valence-electron chi connectivity index (χ2n) is 4.28. The average Bonchev–Trinajstić information content (AvgIpc) is 2.67. The molecule has 0 N–H and O–H groups in total. The molecule has 0 aromatic carbocycles. The largest absolute Gasteiger partial charge is 0.312 e. The first-order valence-electron chi connectivity index (χ1n) is 4.75. The van der Waals surface area contributed by atoms with Crippen LogP contribution in [-0.4, -0.2) is 36.8 Å². The van der Waals surface area contributed by atoms with E-state index >= 15 is 0 Å². The Bertz CT molecular complexity index is 245. The van der Waals surface area contributed by atoms with Crippen molar-refractivity contribution in [3.63, 3.8) is 0 Å². The maximum Gasteiger partial charge on any atom is 0.236 e. The van der Waals surface area contributed by atoms with Crippen molar-refractivity contribution in [2.75, 3.05) is 26.7 Å². The molecule has 72 valence electrons. The van der Waals surface area contributed by atoms with Crippen LogP contribution < -0.4 is 0 Å². The fourth-order valence-corrected chi connectivity index (χ4v) is 1.85. The third-order valence-corrected chi connectivity index (χ3v) is 2.36. The van der Waals surface area contributed by atoms with Gasteiger partial charge in [0.25, 0.3) is 0 Å². The van der Waals surface area contributed by atoms with Crippen molar-refractivity contribution in [3.8, 4) is 12.3 Å². The van der Waals surface area contributed by atoms with Gasteiger partial charge in [0.15, 0.2) is 0 Å². The molecular formula is C10H18N3+. The van der Waals surface area contributed by atoms with Crippen LogP contribution in [0.5, 0.6) is 0 Å². The first-order valence-corrected chi connectivity index (χ1v) is 4.75. The normalized spacial score (nSPS) is 22.0. The van der Waals surface area contributed by atoms with Crippen LogP contribution in [0.2, 0.25) is 0 Å². The van der Waals surface area contributed by atoms with E-state index in [0.717, 1.165) is 30.5 Å². The number of rotatable bonds is 5. The predicted molar refractivity (Wildman–Crippen MR) is 53.2 cm³/mol. The van der Waals surface area contributed by atoms with Gasteiger partial charge in [0.2, 0.25) is 5.66 Å². The minimum atomic E-state index is -0.138. The van der Waals surface area contributed by atoms with E-state index in [2.05, 4.69) is 37.0 Å². The molecule has 0 aromatic heterocycles. The van der Waals surface area contributed by atoms with Gasteiger partial charge in [-0.3, -0.25) is 0 Å². The van der Waals surface area contributed by atoms with E-state index < -0.39 is 0 Å². The van der Waals surface area contributed by atoms with Crippen LogP contribution >= 0.6 is 0 Å². The van der Waals surface area contributed by atoms with Gasteiger partial charge in [0.05, 0.1) is 13.6 Å². The second kappa shape index (κ2) is 3.47. The highest BCUT2D eigenvalue weighted by molar-refractivity contribution is 4.90. The zero-order valence-electron chi connectivity index (χ0n) is 8.75. The summed E-state index contributed by atoms with van der Waals surface area (Å²) in [6, 6.07) is 0. The third kappa shape index (κ3) is 2.82. The Labute approximate surface area is 80.4 Å². The molecule has 13 heavy (non-hydrogen) atoms. The second-order valence-corrected chi connectivity index (χ2v) is 4.28. The van der Waals surface area contributed by atoms with Crippen LogP contribution in [0.4, 0.5) is 0 Å². The summed E-state index contributed by atoms with van der Waals surface area (Å²) in [6.45, 7) is 7.04. The summed E-state index contributed by atoms with van der Waals surface area (Å²) in [5.41, 5.74) is -0.138. The van der Waals surface area contributed by atoms with Crippen LogP contribution in [0.3, 0.4) is 0 Å². The monoisotopic (exact) mass is 180 g/mol. The molecule has 1 unspecified atom stereocenters. The van der Waals surface area contributed by atoms with Gasteiger partial charge in [-0.05, 0) is 19.3 Å². The molecule has 1 atom stereocenters. The van der Waals surface area contributed by atoms with Gasteiger partial charge >= 0.3 is 0 Å². The lowest BCUT2D eigenvalue weighted by molar-refractivity contribution is -0.904. The molecule has 0 amide bonds. The Morgan fingerprint density at radius 1 is 1.46 bits per heavy atom. The Hall–Kier alpha value is -0.880. The van der Waals surface area contributed by atoms with E-state index in [-0.39, 0.29) is 5.66 Å². The number of nitrogens with zero attached hydrogens (tertiary/aromatic N) is 3. The zero-order chi connectivity index (χ0) is 9.95. The molecule has 1 aliphatic heterocycles. The topological polar surface area (TPSA) is 24.7 Å². The highest BCUT2D eigenvalue weighted by Crippen LogP contribution is 2.30. The highest BCUT2D eigenvalue weighted by atomic mass is 15.5. The van der Waals surface area contributed by atoms with Crippen molar-refractivity contribution < 1.29 is 4.48 Å². The van der Waals surface area contributed by atoms with Crippen molar-refractivity contribution in [3.05, 3.63) is 0 Å². The van der Waals surface area contributed by atoms with Crippen molar-refractivity contribution in [2.24, 2.45) is 10.2 Å². The summed E-state index contributed by atoms with van der Waals surface area (Å²) < 4.78 is 0.885. The molecule has 1 rings (SSSR count). The van der Waals surface area contributed by atoms with E-state index in [1.54, 1.807) is 0 Å². The van der Waals surface area contributed by atoms with Crippen molar-refractivity contribution in [1.82, 2.24) is 0 Å². The zero-order valence-corrected chi connectivity index (χ0v) is 8.75. The molecule has 3 nitrogen and oxygen atoms in total. The van der Waals surface area contributed by atoms with Gasteiger partial charge < -0.3 is 4.48 Å². The van der Waals surface area contributed by atoms with Gasteiger partial charge in [-0.15, -0.1) is 6.42 Å². The van der Waals surface area contributed by atoms with Crippen LogP contribution in [0, 0.1) is 12.3 Å². The van der Waals surface area contributed by atoms with Gasteiger partial charge in [-0.1, -0.05) is 6.92 Å². The molecule has 0 saturated carbocycles. The molecule has 0 aromatic rings. The smallest absolute Gasteiger partial charge is 0.236 e. The lowest BCUT2D eigenvalue weighted by Crippen LogP contribution is -2.50. The summed E-state index contributed by atoms with van der Waals surface area (Å²) >= 11 is 0. The summed E-state index contributed by atoms with van der Waals surface area (Å²) in [4.78, 5) is 0. The van der Waals surface area contributed by atoms with Crippen LogP contribution in [0.25, 0.3) is 0 Å².